The van der Waals surface area contributed by atoms with Gasteiger partial charge in [0.15, 0.2) is 0 Å². The van der Waals surface area contributed by atoms with Gasteiger partial charge < -0.3 is 9.64 Å². The molecule has 0 saturated carbocycles. The summed E-state index contributed by atoms with van der Waals surface area (Å²) >= 11 is 0. The van der Waals surface area contributed by atoms with Crippen molar-refractivity contribution in [3.8, 4) is 17.1 Å². The smallest absolute Gasteiger partial charge is 0.147 e. The van der Waals surface area contributed by atoms with Gasteiger partial charge in [-0.25, -0.2) is 9.97 Å². The largest absolute Gasteiger partial charge is 0.378 e. The molecule has 0 aliphatic carbocycles. The lowest BCUT2D eigenvalue weighted by Crippen LogP contribution is -2.36. The van der Waals surface area contributed by atoms with Crippen LogP contribution in [0, 0.1) is 13.8 Å². The van der Waals surface area contributed by atoms with Gasteiger partial charge in [-0.3, -0.25) is 9.56 Å². The minimum atomic E-state index is 0.744. The van der Waals surface area contributed by atoms with Crippen LogP contribution in [0.25, 0.3) is 23.2 Å². The van der Waals surface area contributed by atoms with Gasteiger partial charge in [-0.2, -0.15) is 0 Å². The van der Waals surface area contributed by atoms with Crippen molar-refractivity contribution in [2.24, 2.45) is 4.99 Å². The molecule has 1 aromatic carbocycles. The van der Waals surface area contributed by atoms with Gasteiger partial charge in [0.1, 0.15) is 11.6 Å². The molecule has 0 bridgehead atoms. The maximum absolute atomic E-state index is 5.43. The van der Waals surface area contributed by atoms with Gasteiger partial charge in [-0.05, 0) is 50.9 Å². The molecule has 6 nitrogen and oxygen atoms in total. The van der Waals surface area contributed by atoms with E-state index in [4.69, 9.17) is 14.7 Å². The molecule has 148 valence electrons. The summed E-state index contributed by atoms with van der Waals surface area (Å²) in [6.45, 7) is 10.9. The molecule has 3 heterocycles. The zero-order valence-electron chi connectivity index (χ0n) is 16.9. The summed E-state index contributed by atoms with van der Waals surface area (Å²) < 4.78 is 7.59. The summed E-state index contributed by atoms with van der Waals surface area (Å²) in [5.74, 6) is 1.83. The number of pyridine rings is 1. The monoisotopic (exact) mass is 387 g/mol. The Balaban J connectivity index is 1.76. The van der Waals surface area contributed by atoms with Crippen LogP contribution < -0.4 is 4.90 Å². The molecular weight excluding hydrogens is 362 g/mol. The second-order valence-corrected chi connectivity index (χ2v) is 7.08. The zero-order valence-corrected chi connectivity index (χ0v) is 16.9. The third kappa shape index (κ3) is 3.98. The van der Waals surface area contributed by atoms with Gasteiger partial charge in [0, 0.05) is 42.4 Å². The minimum absolute atomic E-state index is 0.744. The number of morpholine rings is 1. The summed E-state index contributed by atoms with van der Waals surface area (Å²) in [6, 6.07) is 12.6. The Morgan fingerprint density at radius 1 is 1.07 bits per heavy atom. The van der Waals surface area contributed by atoms with Gasteiger partial charge in [0.2, 0.25) is 0 Å². The number of hydrogen-bond donors (Lipinski definition) is 0. The van der Waals surface area contributed by atoms with E-state index in [0.717, 1.165) is 60.6 Å². The van der Waals surface area contributed by atoms with Crippen LogP contribution in [-0.2, 0) is 4.74 Å². The average molecular weight is 387 g/mol. The Kier molecular flexibility index (Phi) is 5.53. The van der Waals surface area contributed by atoms with E-state index in [1.54, 1.807) is 6.20 Å². The Bertz CT molecular complexity index is 1010. The fraction of sp³-hybridized carbons (Fsp3) is 0.261. The van der Waals surface area contributed by atoms with Crippen LogP contribution in [-0.4, -0.2) is 47.6 Å². The summed E-state index contributed by atoms with van der Waals surface area (Å²) in [6.07, 6.45) is 5.45. The first-order valence-electron chi connectivity index (χ1n) is 9.75. The van der Waals surface area contributed by atoms with Gasteiger partial charge in [0.05, 0.1) is 18.9 Å². The van der Waals surface area contributed by atoms with E-state index in [0.29, 0.717) is 0 Å². The quantitative estimate of drug-likeness (QED) is 0.620. The van der Waals surface area contributed by atoms with E-state index in [9.17, 15) is 0 Å². The SMILES string of the molecule is C=N/C=C\c1nc(-c2ccc(N3CCOCC3)nc2)n(-c2ccc(C)cc2)c1C. The Morgan fingerprint density at radius 2 is 1.83 bits per heavy atom. The van der Waals surface area contributed by atoms with Crippen molar-refractivity contribution in [2.75, 3.05) is 31.2 Å². The lowest BCUT2D eigenvalue weighted by Gasteiger charge is -2.27. The summed E-state index contributed by atoms with van der Waals surface area (Å²) in [5, 5.41) is 0. The number of benzene rings is 1. The number of aliphatic imine (C=N–C) groups is 1. The van der Waals surface area contributed by atoms with Crippen LogP contribution in [0.15, 0.2) is 53.8 Å². The van der Waals surface area contributed by atoms with Crippen LogP contribution >= 0.6 is 0 Å². The van der Waals surface area contributed by atoms with Gasteiger partial charge in [-0.15, -0.1) is 0 Å². The predicted octanol–water partition coefficient (Wildman–Crippen LogP) is 4.06. The number of imidazole rings is 1. The third-order valence-corrected chi connectivity index (χ3v) is 5.12. The van der Waals surface area contributed by atoms with Crippen molar-refractivity contribution in [2.45, 2.75) is 13.8 Å². The molecule has 1 saturated heterocycles. The zero-order chi connectivity index (χ0) is 20.2. The fourth-order valence-corrected chi connectivity index (χ4v) is 3.50. The van der Waals surface area contributed by atoms with Gasteiger partial charge in [0.25, 0.3) is 0 Å². The standard InChI is InChI=1S/C23H25N5O/c1-17-4-7-20(8-5-17)28-18(2)21(10-11-24-3)26-23(28)19-6-9-22(25-16-19)27-12-14-29-15-13-27/h4-11,16H,3,12-15H2,1-2H3/b11-10-. The molecule has 6 heteroatoms. The van der Waals surface area contributed by atoms with Crippen molar-refractivity contribution in [3.05, 3.63) is 65.7 Å². The number of ether oxygens (including phenoxy) is 1. The highest BCUT2D eigenvalue weighted by atomic mass is 16.5. The molecule has 3 aromatic rings. The van der Waals surface area contributed by atoms with E-state index in [2.05, 4.69) is 71.4 Å². The highest BCUT2D eigenvalue weighted by molar-refractivity contribution is 5.65. The number of rotatable bonds is 5. The number of aromatic nitrogens is 3. The van der Waals surface area contributed by atoms with E-state index in [1.165, 1.54) is 5.56 Å². The summed E-state index contributed by atoms with van der Waals surface area (Å²) in [4.78, 5) is 15.6. The molecule has 0 N–H and O–H groups in total. The molecule has 0 radical (unpaired) electrons. The molecule has 1 aliphatic heterocycles. The van der Waals surface area contributed by atoms with Crippen LogP contribution in [0.2, 0.25) is 0 Å². The Hall–Kier alpha value is -3.25. The first-order valence-corrected chi connectivity index (χ1v) is 9.75. The van der Waals surface area contributed by atoms with E-state index in [-0.39, 0.29) is 0 Å². The highest BCUT2D eigenvalue weighted by Gasteiger charge is 2.17. The fourth-order valence-electron chi connectivity index (χ4n) is 3.50. The Labute approximate surface area is 171 Å². The summed E-state index contributed by atoms with van der Waals surface area (Å²) in [5.41, 5.74) is 5.17. The average Bonchev–Trinajstić information content (AvgIpc) is 3.10. The molecule has 4 rings (SSSR count). The van der Waals surface area contributed by atoms with Crippen molar-refractivity contribution < 1.29 is 4.74 Å². The first kappa shape index (κ1) is 19.1. The molecule has 1 fully saturated rings. The number of nitrogens with zero attached hydrogens (tertiary/aromatic N) is 5. The highest BCUT2D eigenvalue weighted by Crippen LogP contribution is 2.28. The van der Waals surface area contributed by atoms with Gasteiger partial charge in [-0.1, -0.05) is 17.7 Å². The topological polar surface area (TPSA) is 55.5 Å². The van der Waals surface area contributed by atoms with Crippen LogP contribution in [0.1, 0.15) is 17.0 Å². The van der Waals surface area contributed by atoms with E-state index < -0.39 is 0 Å². The van der Waals surface area contributed by atoms with Crippen molar-refractivity contribution in [1.29, 1.82) is 0 Å². The maximum atomic E-state index is 5.43. The van der Waals surface area contributed by atoms with Crippen LogP contribution in [0.5, 0.6) is 0 Å². The van der Waals surface area contributed by atoms with E-state index >= 15 is 0 Å². The lowest BCUT2D eigenvalue weighted by atomic mass is 10.2. The number of aryl methyl sites for hydroxylation is 1. The van der Waals surface area contributed by atoms with Gasteiger partial charge >= 0.3 is 0 Å². The molecule has 0 amide bonds. The normalized spacial score (nSPS) is 14.5. The van der Waals surface area contributed by atoms with Crippen molar-refractivity contribution in [3.63, 3.8) is 0 Å². The predicted molar refractivity (Wildman–Crippen MR) is 118 cm³/mol. The maximum Gasteiger partial charge on any atom is 0.147 e. The Morgan fingerprint density at radius 3 is 2.48 bits per heavy atom. The van der Waals surface area contributed by atoms with E-state index in [1.807, 2.05) is 12.3 Å². The molecule has 29 heavy (non-hydrogen) atoms. The molecule has 0 atom stereocenters. The van der Waals surface area contributed by atoms with Crippen LogP contribution in [0.3, 0.4) is 0 Å². The molecule has 0 spiro atoms. The summed E-state index contributed by atoms with van der Waals surface area (Å²) in [7, 11) is 0. The second kappa shape index (κ2) is 8.41. The second-order valence-electron chi connectivity index (χ2n) is 7.08. The van der Waals surface area contributed by atoms with Crippen molar-refractivity contribution >= 4 is 18.6 Å². The molecule has 2 aromatic heterocycles. The molecular formula is C23H25N5O. The lowest BCUT2D eigenvalue weighted by molar-refractivity contribution is 0.122. The first-order chi connectivity index (χ1) is 14.2. The molecule has 1 aliphatic rings. The minimum Gasteiger partial charge on any atom is -0.378 e. The van der Waals surface area contributed by atoms with Crippen molar-refractivity contribution in [1.82, 2.24) is 14.5 Å². The molecule has 0 unspecified atom stereocenters. The number of anilines is 1. The third-order valence-electron chi connectivity index (χ3n) is 5.12. The van der Waals surface area contributed by atoms with Crippen LogP contribution in [0.4, 0.5) is 5.82 Å². The number of hydrogen-bond acceptors (Lipinski definition) is 5.